The highest BCUT2D eigenvalue weighted by atomic mass is 35.5. The summed E-state index contributed by atoms with van der Waals surface area (Å²) in [5, 5.41) is 12.3. The lowest BCUT2D eigenvalue weighted by molar-refractivity contribution is 0.0946. The Morgan fingerprint density at radius 3 is 2.47 bits per heavy atom. The van der Waals surface area contributed by atoms with Gasteiger partial charge in [0.05, 0.1) is 23.0 Å². The van der Waals surface area contributed by atoms with Crippen molar-refractivity contribution >= 4 is 17.5 Å². The largest absolute Gasteiger partial charge is 0.346 e. The van der Waals surface area contributed by atoms with Crippen molar-refractivity contribution in [1.29, 1.82) is 0 Å². The van der Waals surface area contributed by atoms with Crippen LogP contribution in [0.25, 0.3) is 5.82 Å². The zero-order valence-electron chi connectivity index (χ0n) is 18.6. The average molecular weight is 449 g/mol. The Morgan fingerprint density at radius 1 is 1.03 bits per heavy atom. The van der Waals surface area contributed by atoms with Gasteiger partial charge in [-0.2, -0.15) is 10.2 Å². The minimum atomic E-state index is -0.340. The number of benzene rings is 1. The normalized spacial score (nSPS) is 11.0. The molecule has 3 heterocycles. The molecule has 0 aliphatic rings. The molecule has 1 aromatic carbocycles. The van der Waals surface area contributed by atoms with Crippen molar-refractivity contribution in [2.24, 2.45) is 0 Å². The summed E-state index contributed by atoms with van der Waals surface area (Å²) < 4.78 is 3.66. The van der Waals surface area contributed by atoms with Crippen molar-refractivity contribution in [3.05, 3.63) is 93.2 Å². The number of halogens is 1. The second kappa shape index (κ2) is 8.96. The highest BCUT2D eigenvalue weighted by Crippen LogP contribution is 2.19. The monoisotopic (exact) mass is 448 g/mol. The molecule has 4 rings (SSSR count). The Balaban J connectivity index is 1.52. The number of nitrogens with zero attached hydrogens (tertiary/aromatic N) is 5. The highest BCUT2D eigenvalue weighted by Gasteiger charge is 2.18. The van der Waals surface area contributed by atoms with E-state index in [0.29, 0.717) is 23.9 Å². The molecule has 8 heteroatoms. The molecule has 0 radical (unpaired) electrons. The molecule has 0 atom stereocenters. The summed E-state index contributed by atoms with van der Waals surface area (Å²) in [7, 11) is 0. The molecule has 0 aliphatic heterocycles. The van der Waals surface area contributed by atoms with Crippen LogP contribution >= 0.6 is 11.6 Å². The van der Waals surface area contributed by atoms with Crippen LogP contribution in [-0.4, -0.2) is 30.5 Å². The lowest BCUT2D eigenvalue weighted by atomic mass is 10.2. The molecule has 1 amide bonds. The smallest absolute Gasteiger partial charge is 0.271 e. The van der Waals surface area contributed by atoms with Gasteiger partial charge < -0.3 is 5.32 Å². The molecule has 1 N–H and O–H groups in total. The van der Waals surface area contributed by atoms with Gasteiger partial charge in [-0.05, 0) is 51.5 Å². The third-order valence-electron chi connectivity index (χ3n) is 5.41. The number of hydrogen-bond donors (Lipinski definition) is 1. The minimum absolute atomic E-state index is 0.170. The van der Waals surface area contributed by atoms with Crippen LogP contribution in [0.15, 0.2) is 48.5 Å². The van der Waals surface area contributed by atoms with Gasteiger partial charge in [0.25, 0.3) is 5.91 Å². The first-order valence-corrected chi connectivity index (χ1v) is 10.8. The van der Waals surface area contributed by atoms with Gasteiger partial charge in [-0.1, -0.05) is 41.9 Å². The molecule has 0 unspecified atom stereocenters. The van der Waals surface area contributed by atoms with Gasteiger partial charge >= 0.3 is 0 Å². The van der Waals surface area contributed by atoms with E-state index >= 15 is 0 Å². The summed E-state index contributed by atoms with van der Waals surface area (Å²) in [6.07, 6.45) is 0. The van der Waals surface area contributed by atoms with Crippen LogP contribution in [-0.2, 0) is 13.1 Å². The Bertz CT molecular complexity index is 1280. The van der Waals surface area contributed by atoms with Crippen molar-refractivity contribution in [3.63, 3.8) is 0 Å². The molecule has 3 aromatic heterocycles. The molecule has 32 heavy (non-hydrogen) atoms. The molecule has 0 bridgehead atoms. The maximum Gasteiger partial charge on any atom is 0.271 e. The first-order chi connectivity index (χ1) is 15.3. The predicted molar refractivity (Wildman–Crippen MR) is 124 cm³/mol. The molecular formula is C24H25ClN6O. The Kier molecular flexibility index (Phi) is 6.10. The summed E-state index contributed by atoms with van der Waals surface area (Å²) in [6.45, 7) is 8.83. The number of nitrogens with one attached hydrogen (secondary N) is 1. The first kappa shape index (κ1) is 21.8. The lowest BCUT2D eigenvalue weighted by Crippen LogP contribution is -2.25. The van der Waals surface area contributed by atoms with E-state index in [1.807, 2.05) is 56.6 Å². The highest BCUT2D eigenvalue weighted by molar-refractivity contribution is 6.33. The second-order valence-electron chi connectivity index (χ2n) is 7.81. The number of rotatable bonds is 6. The number of aryl methyl sites for hydroxylation is 3. The van der Waals surface area contributed by atoms with E-state index in [-0.39, 0.29) is 11.6 Å². The fourth-order valence-electron chi connectivity index (χ4n) is 3.72. The third kappa shape index (κ3) is 4.43. The van der Waals surface area contributed by atoms with Crippen LogP contribution in [0, 0.1) is 27.7 Å². The van der Waals surface area contributed by atoms with Gasteiger partial charge in [-0.25, -0.2) is 9.67 Å². The Morgan fingerprint density at radius 2 is 1.78 bits per heavy atom. The van der Waals surface area contributed by atoms with Gasteiger partial charge in [-0.15, -0.1) is 0 Å². The maximum absolute atomic E-state index is 12.9. The first-order valence-electron chi connectivity index (χ1n) is 10.4. The fourth-order valence-corrected chi connectivity index (χ4v) is 3.91. The minimum Gasteiger partial charge on any atom is -0.346 e. The van der Waals surface area contributed by atoms with E-state index < -0.39 is 0 Å². The SMILES string of the molecule is Cc1cc(C)n(-c2ccc(Cl)c(C(=O)NCc3c(C)nn(Cc4ccccc4)c3C)n2)n1. The quantitative estimate of drug-likeness (QED) is 0.476. The van der Waals surface area contributed by atoms with E-state index in [1.165, 1.54) is 5.56 Å². The van der Waals surface area contributed by atoms with Gasteiger partial charge in [-0.3, -0.25) is 9.48 Å². The van der Waals surface area contributed by atoms with Crippen LogP contribution in [0.3, 0.4) is 0 Å². The Hall–Kier alpha value is -3.45. The van der Waals surface area contributed by atoms with Crippen molar-refractivity contribution < 1.29 is 4.79 Å². The zero-order chi connectivity index (χ0) is 22.8. The van der Waals surface area contributed by atoms with Gasteiger partial charge in [0.1, 0.15) is 5.69 Å². The Labute approximate surface area is 192 Å². The number of aromatic nitrogens is 5. The van der Waals surface area contributed by atoms with E-state index in [1.54, 1.807) is 16.8 Å². The van der Waals surface area contributed by atoms with E-state index in [2.05, 4.69) is 32.6 Å². The predicted octanol–water partition coefficient (Wildman–Crippen LogP) is 4.33. The van der Waals surface area contributed by atoms with E-state index in [9.17, 15) is 4.79 Å². The number of carbonyl (C=O) groups is 1. The third-order valence-corrected chi connectivity index (χ3v) is 5.71. The van der Waals surface area contributed by atoms with Crippen LogP contribution in [0.5, 0.6) is 0 Å². The van der Waals surface area contributed by atoms with Crippen LogP contribution in [0.4, 0.5) is 0 Å². The van der Waals surface area contributed by atoms with Gasteiger partial charge in [0.15, 0.2) is 5.82 Å². The maximum atomic E-state index is 12.9. The fraction of sp³-hybridized carbons (Fsp3) is 0.250. The second-order valence-corrected chi connectivity index (χ2v) is 8.22. The zero-order valence-corrected chi connectivity index (χ0v) is 19.3. The van der Waals surface area contributed by atoms with Crippen LogP contribution < -0.4 is 5.32 Å². The molecule has 0 fully saturated rings. The molecular weight excluding hydrogens is 424 g/mol. The standard InChI is InChI=1S/C24H25ClN6O/c1-15-12-16(2)31(28-15)22-11-10-21(25)23(27-22)24(32)26-13-20-17(3)29-30(18(20)4)14-19-8-6-5-7-9-19/h5-12H,13-14H2,1-4H3,(H,26,32). The topological polar surface area (TPSA) is 77.6 Å². The number of hydrogen-bond acceptors (Lipinski definition) is 4. The molecule has 4 aromatic rings. The van der Waals surface area contributed by atoms with Crippen LogP contribution in [0.2, 0.25) is 5.02 Å². The molecule has 7 nitrogen and oxygen atoms in total. The summed E-state index contributed by atoms with van der Waals surface area (Å²) in [6, 6.07) is 15.5. The van der Waals surface area contributed by atoms with Crippen molar-refractivity contribution in [3.8, 4) is 5.82 Å². The van der Waals surface area contributed by atoms with Gasteiger partial charge in [0, 0.05) is 23.5 Å². The van der Waals surface area contributed by atoms with Crippen molar-refractivity contribution in [2.75, 3.05) is 0 Å². The molecule has 0 aliphatic carbocycles. The average Bonchev–Trinajstić information content (AvgIpc) is 3.24. The number of pyridine rings is 1. The summed E-state index contributed by atoms with van der Waals surface area (Å²) in [5.74, 6) is 0.209. The van der Waals surface area contributed by atoms with Gasteiger partial charge in [0.2, 0.25) is 0 Å². The van der Waals surface area contributed by atoms with Crippen LogP contribution in [0.1, 0.15) is 44.4 Å². The number of carbonyl (C=O) groups excluding carboxylic acids is 1. The summed E-state index contributed by atoms with van der Waals surface area (Å²) in [5.41, 5.74) is 6.04. The summed E-state index contributed by atoms with van der Waals surface area (Å²) in [4.78, 5) is 17.4. The number of amides is 1. The summed E-state index contributed by atoms with van der Waals surface area (Å²) >= 11 is 6.29. The van der Waals surface area contributed by atoms with Crippen molar-refractivity contribution in [1.82, 2.24) is 29.9 Å². The van der Waals surface area contributed by atoms with Crippen molar-refractivity contribution in [2.45, 2.75) is 40.8 Å². The van der Waals surface area contributed by atoms with E-state index in [0.717, 1.165) is 28.3 Å². The molecule has 164 valence electrons. The van der Waals surface area contributed by atoms with E-state index in [4.69, 9.17) is 11.6 Å². The molecule has 0 saturated carbocycles. The molecule has 0 saturated heterocycles. The molecule has 0 spiro atoms. The lowest BCUT2D eigenvalue weighted by Gasteiger charge is -2.10.